The normalized spacial score (nSPS) is 10.9. The standard InChI is InChI=1S/C14H14N4O2S/c15-8-10-1-3-11(4-2-10)9-18-14-6-5-12(7-13(14)16)21(17,19)20/h1-7,18H,9,16H2,(H2,17,19,20). The van der Waals surface area contributed by atoms with Gasteiger partial charge in [-0.1, -0.05) is 12.1 Å². The third-order valence-corrected chi connectivity index (χ3v) is 3.83. The van der Waals surface area contributed by atoms with Crippen molar-refractivity contribution in [3.63, 3.8) is 0 Å². The van der Waals surface area contributed by atoms with E-state index in [1.807, 2.05) is 18.2 Å². The van der Waals surface area contributed by atoms with Crippen LogP contribution in [-0.2, 0) is 16.6 Å². The topological polar surface area (TPSA) is 122 Å². The first-order valence-corrected chi connectivity index (χ1v) is 7.60. The van der Waals surface area contributed by atoms with Crippen LogP contribution in [-0.4, -0.2) is 8.42 Å². The largest absolute Gasteiger partial charge is 0.397 e. The highest BCUT2D eigenvalue weighted by Crippen LogP contribution is 2.22. The number of nitrogens with one attached hydrogen (secondary N) is 1. The van der Waals surface area contributed by atoms with Gasteiger partial charge >= 0.3 is 0 Å². The fraction of sp³-hybridized carbons (Fsp3) is 0.0714. The Hall–Kier alpha value is -2.56. The molecule has 0 unspecified atom stereocenters. The second kappa shape index (κ2) is 5.83. The predicted octanol–water partition coefficient (Wildman–Crippen LogP) is 1.40. The van der Waals surface area contributed by atoms with Crippen LogP contribution in [0.25, 0.3) is 0 Å². The molecule has 0 heterocycles. The van der Waals surface area contributed by atoms with Gasteiger partial charge in [-0.25, -0.2) is 13.6 Å². The molecule has 2 aromatic carbocycles. The SMILES string of the molecule is N#Cc1ccc(CNc2ccc(S(N)(=O)=O)cc2N)cc1. The summed E-state index contributed by atoms with van der Waals surface area (Å²) < 4.78 is 22.4. The first-order valence-electron chi connectivity index (χ1n) is 6.05. The van der Waals surface area contributed by atoms with E-state index >= 15 is 0 Å². The highest BCUT2D eigenvalue weighted by molar-refractivity contribution is 7.89. The fourth-order valence-electron chi connectivity index (χ4n) is 1.77. The van der Waals surface area contributed by atoms with E-state index < -0.39 is 10.0 Å². The summed E-state index contributed by atoms with van der Waals surface area (Å²) in [6.45, 7) is 0.505. The lowest BCUT2D eigenvalue weighted by atomic mass is 10.1. The van der Waals surface area contributed by atoms with Gasteiger partial charge in [0.2, 0.25) is 10.0 Å². The van der Waals surface area contributed by atoms with Crippen LogP contribution in [0.1, 0.15) is 11.1 Å². The number of nitriles is 1. The summed E-state index contributed by atoms with van der Waals surface area (Å²) in [5.74, 6) is 0. The summed E-state index contributed by atoms with van der Waals surface area (Å²) in [4.78, 5) is -0.0241. The van der Waals surface area contributed by atoms with Crippen molar-refractivity contribution in [2.45, 2.75) is 11.4 Å². The Labute approximate surface area is 123 Å². The smallest absolute Gasteiger partial charge is 0.238 e. The number of nitrogens with two attached hydrogens (primary N) is 2. The number of anilines is 2. The van der Waals surface area contributed by atoms with Crippen molar-refractivity contribution in [3.05, 3.63) is 53.6 Å². The van der Waals surface area contributed by atoms with E-state index in [4.69, 9.17) is 16.1 Å². The molecule has 0 radical (unpaired) electrons. The fourth-order valence-corrected chi connectivity index (χ4v) is 2.32. The van der Waals surface area contributed by atoms with Gasteiger partial charge in [0, 0.05) is 6.54 Å². The summed E-state index contributed by atoms with van der Waals surface area (Å²) in [7, 11) is -3.76. The number of hydrogen-bond acceptors (Lipinski definition) is 5. The summed E-state index contributed by atoms with van der Waals surface area (Å²) in [6, 6.07) is 13.4. The molecule has 0 aliphatic rings. The summed E-state index contributed by atoms with van der Waals surface area (Å²) in [5.41, 5.74) is 8.29. The predicted molar refractivity (Wildman–Crippen MR) is 80.7 cm³/mol. The van der Waals surface area contributed by atoms with Crippen LogP contribution in [0.3, 0.4) is 0 Å². The lowest BCUT2D eigenvalue weighted by Crippen LogP contribution is -2.13. The van der Waals surface area contributed by atoms with E-state index in [0.717, 1.165) is 5.56 Å². The molecule has 0 fully saturated rings. The number of hydrogen-bond donors (Lipinski definition) is 3. The van der Waals surface area contributed by atoms with Crippen LogP contribution < -0.4 is 16.2 Å². The van der Waals surface area contributed by atoms with Gasteiger partial charge in [-0.3, -0.25) is 0 Å². The van der Waals surface area contributed by atoms with Gasteiger partial charge in [-0.2, -0.15) is 5.26 Å². The van der Waals surface area contributed by atoms with Crippen molar-refractivity contribution >= 4 is 21.4 Å². The van der Waals surface area contributed by atoms with E-state index in [0.29, 0.717) is 23.5 Å². The molecule has 2 rings (SSSR count). The van der Waals surface area contributed by atoms with Crippen molar-refractivity contribution in [1.29, 1.82) is 5.26 Å². The van der Waals surface area contributed by atoms with Crippen molar-refractivity contribution in [2.24, 2.45) is 5.14 Å². The molecule has 0 amide bonds. The van der Waals surface area contributed by atoms with E-state index in [1.54, 1.807) is 18.2 Å². The lowest BCUT2D eigenvalue weighted by molar-refractivity contribution is 0.598. The first-order chi connectivity index (χ1) is 9.90. The zero-order chi connectivity index (χ0) is 15.5. The molecule has 0 aliphatic carbocycles. The number of nitrogen functional groups attached to an aromatic ring is 1. The Balaban J connectivity index is 2.11. The van der Waals surface area contributed by atoms with E-state index in [-0.39, 0.29) is 4.90 Å². The third kappa shape index (κ3) is 3.72. The maximum Gasteiger partial charge on any atom is 0.238 e. The second-order valence-corrected chi connectivity index (χ2v) is 6.02. The molecule has 6 nitrogen and oxygen atoms in total. The van der Waals surface area contributed by atoms with Gasteiger partial charge in [0.25, 0.3) is 0 Å². The van der Waals surface area contributed by atoms with Gasteiger partial charge in [0.1, 0.15) is 0 Å². The lowest BCUT2D eigenvalue weighted by Gasteiger charge is -2.10. The maximum absolute atomic E-state index is 11.2. The molecule has 0 saturated carbocycles. The first kappa shape index (κ1) is 14.8. The third-order valence-electron chi connectivity index (χ3n) is 2.92. The Morgan fingerprint density at radius 3 is 2.33 bits per heavy atom. The molecule has 5 N–H and O–H groups in total. The van der Waals surface area contributed by atoms with Crippen molar-refractivity contribution in [2.75, 3.05) is 11.1 Å². The van der Waals surface area contributed by atoms with E-state index in [2.05, 4.69) is 5.32 Å². The molecule has 0 spiro atoms. The van der Waals surface area contributed by atoms with Crippen LogP contribution in [0, 0.1) is 11.3 Å². The zero-order valence-corrected chi connectivity index (χ0v) is 11.9. The quantitative estimate of drug-likeness (QED) is 0.737. The molecule has 0 aliphatic heterocycles. The number of sulfonamides is 1. The van der Waals surface area contributed by atoms with Crippen LogP contribution in [0.15, 0.2) is 47.4 Å². The Bertz CT molecular complexity index is 793. The molecule has 108 valence electrons. The molecule has 0 bridgehead atoms. The Kier molecular flexibility index (Phi) is 4.12. The number of rotatable bonds is 4. The highest BCUT2D eigenvalue weighted by Gasteiger charge is 2.09. The molecular weight excluding hydrogens is 288 g/mol. The van der Waals surface area contributed by atoms with Crippen LogP contribution in [0.5, 0.6) is 0 Å². The van der Waals surface area contributed by atoms with Crippen molar-refractivity contribution in [3.8, 4) is 6.07 Å². The van der Waals surface area contributed by atoms with Gasteiger partial charge < -0.3 is 11.1 Å². The minimum atomic E-state index is -3.76. The average molecular weight is 302 g/mol. The van der Waals surface area contributed by atoms with Gasteiger partial charge in [0.05, 0.1) is 27.9 Å². The van der Waals surface area contributed by atoms with E-state index in [9.17, 15) is 8.42 Å². The number of primary sulfonamides is 1. The van der Waals surface area contributed by atoms with Gasteiger partial charge in [0.15, 0.2) is 0 Å². The number of nitrogens with zero attached hydrogens (tertiary/aromatic N) is 1. The summed E-state index contributed by atoms with van der Waals surface area (Å²) in [6.07, 6.45) is 0. The molecule has 0 atom stereocenters. The molecule has 7 heteroatoms. The van der Waals surface area contributed by atoms with Crippen molar-refractivity contribution < 1.29 is 8.42 Å². The summed E-state index contributed by atoms with van der Waals surface area (Å²) in [5, 5.41) is 16.9. The minimum absolute atomic E-state index is 0.0241. The minimum Gasteiger partial charge on any atom is -0.397 e. The monoisotopic (exact) mass is 302 g/mol. The Morgan fingerprint density at radius 1 is 1.14 bits per heavy atom. The molecule has 0 saturated heterocycles. The molecular formula is C14H14N4O2S. The second-order valence-electron chi connectivity index (χ2n) is 4.46. The molecule has 2 aromatic rings. The molecule has 21 heavy (non-hydrogen) atoms. The van der Waals surface area contributed by atoms with Crippen LogP contribution in [0.2, 0.25) is 0 Å². The number of benzene rings is 2. The highest BCUT2D eigenvalue weighted by atomic mass is 32.2. The van der Waals surface area contributed by atoms with Crippen molar-refractivity contribution in [1.82, 2.24) is 0 Å². The summed E-state index contributed by atoms with van der Waals surface area (Å²) >= 11 is 0. The van der Waals surface area contributed by atoms with E-state index in [1.165, 1.54) is 12.1 Å². The Morgan fingerprint density at radius 2 is 1.81 bits per heavy atom. The van der Waals surface area contributed by atoms with Crippen LogP contribution in [0.4, 0.5) is 11.4 Å². The van der Waals surface area contributed by atoms with Gasteiger partial charge in [-0.15, -0.1) is 0 Å². The zero-order valence-electron chi connectivity index (χ0n) is 11.1. The van der Waals surface area contributed by atoms with Crippen LogP contribution >= 0.6 is 0 Å². The van der Waals surface area contributed by atoms with Gasteiger partial charge in [-0.05, 0) is 35.9 Å². The average Bonchev–Trinajstić information content (AvgIpc) is 2.45. The maximum atomic E-state index is 11.2. The molecule has 0 aromatic heterocycles.